The van der Waals surface area contributed by atoms with Gasteiger partial charge in [-0.2, -0.15) is 0 Å². The summed E-state index contributed by atoms with van der Waals surface area (Å²) >= 11 is 0. The van der Waals surface area contributed by atoms with Crippen molar-refractivity contribution in [2.24, 2.45) is 0 Å². The summed E-state index contributed by atoms with van der Waals surface area (Å²) in [5, 5.41) is 2.72. The first-order valence-electron chi connectivity index (χ1n) is 9.87. The van der Waals surface area contributed by atoms with E-state index < -0.39 is 28.4 Å². The fourth-order valence-corrected chi connectivity index (χ4v) is 4.79. The molecule has 32 heavy (non-hydrogen) atoms. The van der Waals surface area contributed by atoms with Crippen LogP contribution in [0.3, 0.4) is 0 Å². The SMILES string of the molecule is COC(=O)c1cccc(NC(=O)CN(c2ccccc2C)S(=O)(=O)c2ccccc2)c1C. The van der Waals surface area contributed by atoms with Gasteiger partial charge >= 0.3 is 5.97 Å². The molecule has 7 nitrogen and oxygen atoms in total. The number of carbonyl (C=O) groups excluding carboxylic acids is 2. The van der Waals surface area contributed by atoms with E-state index in [0.717, 1.165) is 4.31 Å². The van der Waals surface area contributed by atoms with Crippen molar-refractivity contribution in [3.63, 3.8) is 0 Å². The van der Waals surface area contributed by atoms with Crippen LogP contribution in [-0.2, 0) is 19.6 Å². The van der Waals surface area contributed by atoms with Crippen molar-refractivity contribution in [1.29, 1.82) is 0 Å². The molecule has 0 saturated carbocycles. The number of ether oxygens (including phenoxy) is 1. The molecular weight excluding hydrogens is 428 g/mol. The van der Waals surface area contributed by atoms with E-state index in [9.17, 15) is 18.0 Å². The molecular formula is C24H24N2O5S. The smallest absolute Gasteiger partial charge is 0.338 e. The molecule has 0 saturated heterocycles. The van der Waals surface area contributed by atoms with E-state index in [-0.39, 0.29) is 4.90 Å². The number of rotatable bonds is 7. The van der Waals surface area contributed by atoms with Crippen LogP contribution in [0.1, 0.15) is 21.5 Å². The van der Waals surface area contributed by atoms with Crippen molar-refractivity contribution < 1.29 is 22.7 Å². The van der Waals surface area contributed by atoms with Gasteiger partial charge in [0, 0.05) is 5.69 Å². The zero-order valence-electron chi connectivity index (χ0n) is 18.0. The standard InChI is InChI=1S/C24H24N2O5S/c1-17-10-7-8-15-22(17)26(32(29,30)19-11-5-4-6-12-19)16-23(27)25-21-14-9-13-20(18(21)2)24(28)31-3/h4-15H,16H2,1-3H3,(H,25,27). The zero-order valence-corrected chi connectivity index (χ0v) is 18.8. The van der Waals surface area contributed by atoms with Gasteiger partial charge in [0.2, 0.25) is 5.91 Å². The van der Waals surface area contributed by atoms with E-state index in [1.54, 1.807) is 74.5 Å². The van der Waals surface area contributed by atoms with E-state index in [0.29, 0.717) is 28.1 Å². The summed E-state index contributed by atoms with van der Waals surface area (Å²) < 4.78 is 32.7. The van der Waals surface area contributed by atoms with Crippen LogP contribution in [0, 0.1) is 13.8 Å². The van der Waals surface area contributed by atoms with Crippen molar-refractivity contribution in [2.45, 2.75) is 18.7 Å². The molecule has 0 aliphatic heterocycles. The highest BCUT2D eigenvalue weighted by Crippen LogP contribution is 2.27. The van der Waals surface area contributed by atoms with Gasteiger partial charge in [-0.05, 0) is 55.3 Å². The second kappa shape index (κ2) is 9.65. The van der Waals surface area contributed by atoms with Gasteiger partial charge in [0.15, 0.2) is 0 Å². The van der Waals surface area contributed by atoms with Gasteiger partial charge in [-0.1, -0.05) is 42.5 Å². The maximum absolute atomic E-state index is 13.4. The van der Waals surface area contributed by atoms with Crippen LogP contribution in [0.2, 0.25) is 0 Å². The Morgan fingerprint density at radius 3 is 2.22 bits per heavy atom. The van der Waals surface area contributed by atoms with E-state index in [1.165, 1.54) is 19.2 Å². The normalized spacial score (nSPS) is 11.0. The minimum absolute atomic E-state index is 0.0833. The number of anilines is 2. The lowest BCUT2D eigenvalue weighted by Crippen LogP contribution is -2.38. The van der Waals surface area contributed by atoms with Crippen molar-refractivity contribution in [1.82, 2.24) is 0 Å². The van der Waals surface area contributed by atoms with E-state index >= 15 is 0 Å². The van der Waals surface area contributed by atoms with E-state index in [2.05, 4.69) is 5.32 Å². The number of para-hydroxylation sites is 1. The Balaban J connectivity index is 1.96. The Bertz CT molecular complexity index is 1240. The number of hydrogen-bond acceptors (Lipinski definition) is 5. The van der Waals surface area contributed by atoms with Crippen molar-refractivity contribution >= 4 is 33.3 Å². The molecule has 8 heteroatoms. The highest BCUT2D eigenvalue weighted by atomic mass is 32.2. The zero-order chi connectivity index (χ0) is 23.3. The lowest BCUT2D eigenvalue weighted by atomic mass is 10.1. The Labute approximate surface area is 187 Å². The first-order valence-corrected chi connectivity index (χ1v) is 11.3. The third-order valence-electron chi connectivity index (χ3n) is 5.02. The van der Waals surface area contributed by atoms with Crippen molar-refractivity contribution in [3.8, 4) is 0 Å². The Hall–Kier alpha value is -3.65. The van der Waals surface area contributed by atoms with E-state index in [4.69, 9.17) is 4.74 Å². The number of nitrogens with one attached hydrogen (secondary N) is 1. The molecule has 0 spiro atoms. The molecule has 0 radical (unpaired) electrons. The maximum Gasteiger partial charge on any atom is 0.338 e. The number of methoxy groups -OCH3 is 1. The number of sulfonamides is 1. The van der Waals surface area contributed by atoms with Gasteiger partial charge < -0.3 is 10.1 Å². The number of hydrogen-bond donors (Lipinski definition) is 1. The Kier molecular flexibility index (Phi) is 6.95. The lowest BCUT2D eigenvalue weighted by molar-refractivity contribution is -0.114. The molecule has 0 aliphatic carbocycles. The lowest BCUT2D eigenvalue weighted by Gasteiger charge is -2.25. The number of aryl methyl sites for hydroxylation is 1. The molecule has 1 N–H and O–H groups in total. The molecule has 0 heterocycles. The van der Waals surface area contributed by atoms with Crippen LogP contribution in [0.5, 0.6) is 0 Å². The topological polar surface area (TPSA) is 92.8 Å². The summed E-state index contributed by atoms with van der Waals surface area (Å²) in [7, 11) is -2.72. The van der Waals surface area contributed by atoms with Crippen LogP contribution in [0.25, 0.3) is 0 Å². The number of esters is 1. The van der Waals surface area contributed by atoms with Crippen LogP contribution in [0.4, 0.5) is 11.4 Å². The Morgan fingerprint density at radius 1 is 0.906 bits per heavy atom. The van der Waals surface area contributed by atoms with Crippen molar-refractivity contribution in [2.75, 3.05) is 23.3 Å². The Morgan fingerprint density at radius 2 is 1.56 bits per heavy atom. The third kappa shape index (κ3) is 4.81. The number of carbonyl (C=O) groups is 2. The van der Waals surface area contributed by atoms with Gasteiger partial charge in [-0.15, -0.1) is 0 Å². The van der Waals surface area contributed by atoms with Gasteiger partial charge in [0.1, 0.15) is 6.54 Å². The number of benzene rings is 3. The summed E-state index contributed by atoms with van der Waals surface area (Å²) in [6.45, 7) is 3.02. The number of amides is 1. The minimum Gasteiger partial charge on any atom is -0.465 e. The molecule has 0 aromatic heterocycles. The summed E-state index contributed by atoms with van der Waals surface area (Å²) in [5.41, 5.74) is 2.37. The van der Waals surface area contributed by atoms with Crippen LogP contribution in [0.15, 0.2) is 77.7 Å². The molecule has 0 atom stereocenters. The predicted molar refractivity (Wildman–Crippen MR) is 123 cm³/mol. The summed E-state index contributed by atoms with van der Waals surface area (Å²) in [5.74, 6) is -1.07. The monoisotopic (exact) mass is 452 g/mol. The first kappa shape index (κ1) is 23.0. The summed E-state index contributed by atoms with van der Waals surface area (Å²) in [6.07, 6.45) is 0. The maximum atomic E-state index is 13.4. The van der Waals surface area contributed by atoms with Gasteiger partial charge in [-0.25, -0.2) is 13.2 Å². The molecule has 166 valence electrons. The van der Waals surface area contributed by atoms with Crippen LogP contribution < -0.4 is 9.62 Å². The average molecular weight is 453 g/mol. The molecule has 0 fully saturated rings. The molecule has 3 aromatic carbocycles. The molecule has 0 unspecified atom stereocenters. The van der Waals surface area contributed by atoms with Crippen LogP contribution in [-0.4, -0.2) is 33.9 Å². The summed E-state index contributed by atoms with van der Waals surface area (Å²) in [4.78, 5) is 25.0. The van der Waals surface area contributed by atoms with Gasteiger partial charge in [0.25, 0.3) is 10.0 Å². The highest BCUT2D eigenvalue weighted by molar-refractivity contribution is 7.92. The number of nitrogens with zero attached hydrogens (tertiary/aromatic N) is 1. The second-order valence-electron chi connectivity index (χ2n) is 7.13. The predicted octanol–water partition coefficient (Wildman–Crippen LogP) is 3.92. The highest BCUT2D eigenvalue weighted by Gasteiger charge is 2.28. The molecule has 0 aliphatic rings. The van der Waals surface area contributed by atoms with Crippen molar-refractivity contribution in [3.05, 3.63) is 89.5 Å². The second-order valence-corrected chi connectivity index (χ2v) is 8.99. The molecule has 0 bridgehead atoms. The minimum atomic E-state index is -4.00. The quantitative estimate of drug-likeness (QED) is 0.549. The molecule has 1 amide bonds. The first-order chi connectivity index (χ1) is 15.3. The van der Waals surface area contributed by atoms with Gasteiger partial charge in [0.05, 0.1) is 23.3 Å². The fraction of sp³-hybridized carbons (Fsp3) is 0.167. The third-order valence-corrected chi connectivity index (χ3v) is 6.79. The summed E-state index contributed by atoms with van der Waals surface area (Å²) in [6, 6.07) is 19.8. The molecule has 3 rings (SSSR count). The van der Waals surface area contributed by atoms with Crippen LogP contribution >= 0.6 is 0 Å². The average Bonchev–Trinajstić information content (AvgIpc) is 2.79. The largest absolute Gasteiger partial charge is 0.465 e. The fourth-order valence-electron chi connectivity index (χ4n) is 3.28. The van der Waals surface area contributed by atoms with E-state index in [1.807, 2.05) is 0 Å². The van der Waals surface area contributed by atoms with Gasteiger partial charge in [-0.3, -0.25) is 9.10 Å². The molecule has 3 aromatic rings.